The Morgan fingerprint density at radius 2 is 1.89 bits per heavy atom. The van der Waals surface area contributed by atoms with Crippen LogP contribution in [0.15, 0.2) is 42.5 Å². The Labute approximate surface area is 113 Å². The van der Waals surface area contributed by atoms with Crippen LogP contribution in [0, 0.1) is 6.92 Å². The smallest absolute Gasteiger partial charge is 0.104 e. The van der Waals surface area contributed by atoms with Crippen LogP contribution in [0.5, 0.6) is 0 Å². The van der Waals surface area contributed by atoms with E-state index in [0.29, 0.717) is 5.02 Å². The van der Waals surface area contributed by atoms with E-state index in [0.717, 1.165) is 23.1 Å². The number of hydrogen-bond donors (Lipinski definition) is 1. The van der Waals surface area contributed by atoms with Gasteiger partial charge in [0.2, 0.25) is 0 Å². The molecular formula is C16H17ClO. The van der Waals surface area contributed by atoms with E-state index in [4.69, 9.17) is 11.6 Å². The Bertz CT molecular complexity index is 549. The minimum absolute atomic E-state index is 0.612. The second kappa shape index (κ2) is 5.55. The van der Waals surface area contributed by atoms with Crippen LogP contribution in [0.3, 0.4) is 0 Å². The average Bonchev–Trinajstić information content (AvgIpc) is 2.41. The van der Waals surface area contributed by atoms with Gasteiger partial charge in [0.1, 0.15) is 6.10 Å². The molecule has 2 rings (SSSR count). The van der Waals surface area contributed by atoms with E-state index in [1.54, 1.807) is 0 Å². The van der Waals surface area contributed by atoms with Crippen LogP contribution in [0.2, 0.25) is 5.02 Å². The summed E-state index contributed by atoms with van der Waals surface area (Å²) in [5, 5.41) is 11.2. The predicted octanol–water partition coefficient (Wildman–Crippen LogP) is 4.29. The molecule has 0 fully saturated rings. The lowest BCUT2D eigenvalue weighted by atomic mass is 9.95. The standard InChI is InChI=1S/C16H17ClO/c1-3-12-6-4-5-7-14(12)16(18)13-9-8-11(2)15(17)10-13/h4-10,16,18H,3H2,1-2H3. The highest BCUT2D eigenvalue weighted by atomic mass is 35.5. The van der Waals surface area contributed by atoms with Crippen molar-refractivity contribution >= 4 is 11.6 Å². The number of benzene rings is 2. The van der Waals surface area contributed by atoms with Crippen LogP contribution < -0.4 is 0 Å². The zero-order valence-corrected chi connectivity index (χ0v) is 11.4. The zero-order chi connectivity index (χ0) is 13.1. The summed E-state index contributed by atoms with van der Waals surface area (Å²) in [4.78, 5) is 0. The van der Waals surface area contributed by atoms with Gasteiger partial charge in [-0.2, -0.15) is 0 Å². The molecule has 18 heavy (non-hydrogen) atoms. The first-order valence-corrected chi connectivity index (χ1v) is 6.53. The average molecular weight is 261 g/mol. The zero-order valence-electron chi connectivity index (χ0n) is 10.7. The summed E-state index contributed by atoms with van der Waals surface area (Å²) < 4.78 is 0. The van der Waals surface area contributed by atoms with Gasteiger partial charge in [0, 0.05) is 5.02 Å². The SMILES string of the molecule is CCc1ccccc1C(O)c1ccc(C)c(Cl)c1. The molecule has 2 heteroatoms. The van der Waals surface area contributed by atoms with Crippen molar-refractivity contribution in [3.63, 3.8) is 0 Å². The van der Waals surface area contributed by atoms with Crippen LogP contribution in [0.1, 0.15) is 35.3 Å². The normalized spacial score (nSPS) is 12.4. The number of aliphatic hydroxyl groups excluding tert-OH is 1. The van der Waals surface area contributed by atoms with E-state index in [2.05, 4.69) is 6.92 Å². The summed E-state index contributed by atoms with van der Waals surface area (Å²) in [5.74, 6) is 0. The summed E-state index contributed by atoms with van der Waals surface area (Å²) in [6.45, 7) is 4.05. The van der Waals surface area contributed by atoms with Gasteiger partial charge in [-0.05, 0) is 41.7 Å². The van der Waals surface area contributed by atoms with Crippen LogP contribution in [-0.2, 0) is 6.42 Å². The monoisotopic (exact) mass is 260 g/mol. The van der Waals surface area contributed by atoms with E-state index in [-0.39, 0.29) is 0 Å². The topological polar surface area (TPSA) is 20.2 Å². The lowest BCUT2D eigenvalue weighted by Crippen LogP contribution is -2.03. The third-order valence-corrected chi connectivity index (χ3v) is 3.65. The first kappa shape index (κ1) is 13.1. The largest absolute Gasteiger partial charge is 0.384 e. The van der Waals surface area contributed by atoms with Gasteiger partial charge >= 0.3 is 0 Å². The summed E-state index contributed by atoms with van der Waals surface area (Å²) >= 11 is 6.11. The molecule has 0 aromatic heterocycles. The van der Waals surface area contributed by atoms with Crippen molar-refractivity contribution in [1.29, 1.82) is 0 Å². The summed E-state index contributed by atoms with van der Waals surface area (Å²) in [6, 6.07) is 13.7. The molecule has 0 heterocycles. The second-order valence-corrected chi connectivity index (χ2v) is 4.87. The maximum atomic E-state index is 10.5. The molecule has 2 aromatic rings. The first-order valence-electron chi connectivity index (χ1n) is 6.15. The van der Waals surface area contributed by atoms with Crippen molar-refractivity contribution in [3.05, 3.63) is 69.7 Å². The highest BCUT2D eigenvalue weighted by molar-refractivity contribution is 6.31. The van der Waals surface area contributed by atoms with Crippen molar-refractivity contribution < 1.29 is 5.11 Å². The highest BCUT2D eigenvalue weighted by Gasteiger charge is 2.14. The molecule has 0 aliphatic rings. The molecule has 0 aliphatic carbocycles. The van der Waals surface area contributed by atoms with Crippen molar-refractivity contribution in [2.45, 2.75) is 26.4 Å². The summed E-state index contributed by atoms with van der Waals surface area (Å²) in [7, 11) is 0. The Kier molecular flexibility index (Phi) is 4.05. The Morgan fingerprint density at radius 1 is 1.17 bits per heavy atom. The number of halogens is 1. The van der Waals surface area contributed by atoms with Gasteiger partial charge in [0.05, 0.1) is 0 Å². The number of hydrogen-bond acceptors (Lipinski definition) is 1. The Balaban J connectivity index is 2.41. The molecule has 94 valence electrons. The molecule has 0 aliphatic heterocycles. The summed E-state index contributed by atoms with van der Waals surface area (Å²) in [5.41, 5.74) is 3.99. The fraction of sp³-hybridized carbons (Fsp3) is 0.250. The fourth-order valence-corrected chi connectivity index (χ4v) is 2.27. The van der Waals surface area contributed by atoms with Gasteiger partial charge in [0.15, 0.2) is 0 Å². The lowest BCUT2D eigenvalue weighted by Gasteiger charge is -2.16. The van der Waals surface area contributed by atoms with E-state index < -0.39 is 6.10 Å². The lowest BCUT2D eigenvalue weighted by molar-refractivity contribution is 0.219. The van der Waals surface area contributed by atoms with Gasteiger partial charge in [0.25, 0.3) is 0 Å². The maximum Gasteiger partial charge on any atom is 0.104 e. The number of aliphatic hydroxyl groups is 1. The molecule has 1 N–H and O–H groups in total. The van der Waals surface area contributed by atoms with Gasteiger partial charge < -0.3 is 5.11 Å². The van der Waals surface area contributed by atoms with Crippen LogP contribution in [0.25, 0.3) is 0 Å². The first-order chi connectivity index (χ1) is 8.63. The van der Waals surface area contributed by atoms with E-state index in [1.807, 2.05) is 49.4 Å². The van der Waals surface area contributed by atoms with E-state index in [9.17, 15) is 5.11 Å². The third kappa shape index (κ3) is 2.58. The summed E-state index contributed by atoms with van der Waals surface area (Å²) in [6.07, 6.45) is 0.298. The van der Waals surface area contributed by atoms with Gasteiger partial charge in [-0.15, -0.1) is 0 Å². The van der Waals surface area contributed by atoms with E-state index >= 15 is 0 Å². The quantitative estimate of drug-likeness (QED) is 0.873. The molecule has 1 nitrogen and oxygen atoms in total. The molecule has 2 aromatic carbocycles. The predicted molar refractivity (Wildman–Crippen MR) is 76.1 cm³/mol. The van der Waals surface area contributed by atoms with E-state index in [1.165, 1.54) is 5.56 Å². The minimum atomic E-state index is -0.612. The molecular weight excluding hydrogens is 244 g/mol. The molecule has 0 saturated heterocycles. The molecule has 0 spiro atoms. The Morgan fingerprint density at radius 3 is 2.56 bits per heavy atom. The second-order valence-electron chi connectivity index (χ2n) is 4.46. The van der Waals surface area contributed by atoms with Crippen molar-refractivity contribution in [3.8, 4) is 0 Å². The fourth-order valence-electron chi connectivity index (χ4n) is 2.08. The van der Waals surface area contributed by atoms with Crippen molar-refractivity contribution in [2.75, 3.05) is 0 Å². The molecule has 1 unspecified atom stereocenters. The minimum Gasteiger partial charge on any atom is -0.384 e. The van der Waals surface area contributed by atoms with Crippen molar-refractivity contribution in [2.24, 2.45) is 0 Å². The van der Waals surface area contributed by atoms with Crippen LogP contribution >= 0.6 is 11.6 Å². The number of rotatable bonds is 3. The van der Waals surface area contributed by atoms with Gasteiger partial charge in [-0.25, -0.2) is 0 Å². The third-order valence-electron chi connectivity index (χ3n) is 3.24. The molecule has 1 atom stereocenters. The van der Waals surface area contributed by atoms with Crippen molar-refractivity contribution in [1.82, 2.24) is 0 Å². The molecule has 0 amide bonds. The Hall–Kier alpha value is -1.31. The van der Waals surface area contributed by atoms with Gasteiger partial charge in [-0.3, -0.25) is 0 Å². The van der Waals surface area contributed by atoms with Crippen LogP contribution in [-0.4, -0.2) is 5.11 Å². The van der Waals surface area contributed by atoms with Crippen LogP contribution in [0.4, 0.5) is 0 Å². The molecule has 0 radical (unpaired) electrons. The van der Waals surface area contributed by atoms with Gasteiger partial charge in [-0.1, -0.05) is 54.9 Å². The molecule has 0 saturated carbocycles. The highest BCUT2D eigenvalue weighted by Crippen LogP contribution is 2.28. The number of aryl methyl sites for hydroxylation is 2. The maximum absolute atomic E-state index is 10.5. The molecule has 0 bridgehead atoms.